The first-order chi connectivity index (χ1) is 9.13. The Labute approximate surface area is 125 Å². The van der Waals surface area contributed by atoms with Crippen molar-refractivity contribution >= 4 is 38.4 Å². The normalized spacial score (nSPS) is 11.1. The van der Waals surface area contributed by atoms with Crippen LogP contribution in [0.4, 0.5) is 0 Å². The van der Waals surface area contributed by atoms with Crippen molar-refractivity contribution in [1.82, 2.24) is 9.78 Å². The largest absolute Gasteiger partial charge is 0.260 e. The molecule has 4 heteroatoms. The van der Waals surface area contributed by atoms with Gasteiger partial charge in [-0.1, -0.05) is 39.7 Å². The van der Waals surface area contributed by atoms with Crippen LogP contribution in [0, 0.1) is 6.92 Å². The molecular weight excluding hydrogens is 324 g/mol. The van der Waals surface area contributed by atoms with Crippen molar-refractivity contribution in [3.63, 3.8) is 0 Å². The molecule has 2 nitrogen and oxygen atoms in total. The molecule has 0 aliphatic carbocycles. The van der Waals surface area contributed by atoms with Crippen molar-refractivity contribution in [2.24, 2.45) is 0 Å². The summed E-state index contributed by atoms with van der Waals surface area (Å²) in [5, 5.41) is 6.38. The van der Waals surface area contributed by atoms with Crippen molar-refractivity contribution < 1.29 is 0 Å². The van der Waals surface area contributed by atoms with E-state index in [2.05, 4.69) is 40.1 Å². The molecule has 0 atom stereocenters. The Morgan fingerprint density at radius 3 is 2.68 bits per heavy atom. The van der Waals surface area contributed by atoms with Crippen LogP contribution in [-0.4, -0.2) is 9.78 Å². The van der Waals surface area contributed by atoms with Crippen molar-refractivity contribution in [2.75, 3.05) is 0 Å². The second-order valence-corrected chi connectivity index (χ2v) is 5.88. The Morgan fingerprint density at radius 2 is 1.95 bits per heavy atom. The number of nitrogens with zero attached hydrogens (tertiary/aromatic N) is 2. The minimum absolute atomic E-state index is 0.746. The summed E-state index contributed by atoms with van der Waals surface area (Å²) in [6.07, 6.45) is 1.91. The summed E-state index contributed by atoms with van der Waals surface area (Å²) in [5.41, 5.74) is 3.54. The molecule has 19 heavy (non-hydrogen) atoms. The molecule has 0 unspecified atom stereocenters. The number of hydrogen-bond acceptors (Lipinski definition) is 1. The fourth-order valence-corrected chi connectivity index (χ4v) is 2.56. The lowest BCUT2D eigenvalue weighted by Crippen LogP contribution is -2.01. The lowest BCUT2D eigenvalue weighted by atomic mass is 10.2. The van der Waals surface area contributed by atoms with Gasteiger partial charge in [-0.2, -0.15) is 5.10 Å². The molecule has 0 spiro atoms. The van der Waals surface area contributed by atoms with Gasteiger partial charge in [-0.3, -0.25) is 4.68 Å². The summed E-state index contributed by atoms with van der Waals surface area (Å²) in [7, 11) is 0. The third-order valence-electron chi connectivity index (χ3n) is 3.17. The number of hydrogen-bond donors (Lipinski definition) is 0. The number of aryl methyl sites for hydroxylation is 1. The SMILES string of the molecule is Cc1cc2cnn(Cc3ccc(Cl)cc3)c2cc1Br. The van der Waals surface area contributed by atoms with Crippen LogP contribution < -0.4 is 0 Å². The van der Waals surface area contributed by atoms with Gasteiger partial charge in [0.15, 0.2) is 0 Å². The smallest absolute Gasteiger partial charge is 0.0697 e. The molecule has 0 saturated heterocycles. The van der Waals surface area contributed by atoms with Crippen molar-refractivity contribution in [3.8, 4) is 0 Å². The van der Waals surface area contributed by atoms with Crippen molar-refractivity contribution in [1.29, 1.82) is 0 Å². The minimum atomic E-state index is 0.746. The highest BCUT2D eigenvalue weighted by Gasteiger charge is 2.06. The number of rotatable bonds is 2. The molecule has 3 aromatic rings. The zero-order valence-electron chi connectivity index (χ0n) is 10.4. The summed E-state index contributed by atoms with van der Waals surface area (Å²) < 4.78 is 3.11. The zero-order chi connectivity index (χ0) is 13.4. The van der Waals surface area contributed by atoms with Gasteiger partial charge in [-0.25, -0.2) is 0 Å². The zero-order valence-corrected chi connectivity index (χ0v) is 12.7. The third-order valence-corrected chi connectivity index (χ3v) is 4.27. The predicted molar refractivity (Wildman–Crippen MR) is 82.7 cm³/mol. The Morgan fingerprint density at radius 1 is 1.21 bits per heavy atom. The van der Waals surface area contributed by atoms with E-state index in [9.17, 15) is 0 Å². The third kappa shape index (κ3) is 2.53. The number of aromatic nitrogens is 2. The molecule has 0 aliphatic heterocycles. The van der Waals surface area contributed by atoms with E-state index >= 15 is 0 Å². The topological polar surface area (TPSA) is 17.8 Å². The van der Waals surface area contributed by atoms with E-state index in [-0.39, 0.29) is 0 Å². The average Bonchev–Trinajstić information content (AvgIpc) is 2.76. The highest BCUT2D eigenvalue weighted by atomic mass is 79.9. The maximum atomic E-state index is 5.90. The molecule has 0 aliphatic rings. The summed E-state index contributed by atoms with van der Waals surface area (Å²) in [6, 6.07) is 12.1. The van der Waals surface area contributed by atoms with E-state index in [1.807, 2.05) is 35.1 Å². The standard InChI is InChI=1S/C15H12BrClN2/c1-10-6-12-8-18-19(15(12)7-14(10)16)9-11-2-4-13(17)5-3-11/h2-8H,9H2,1H3. The molecule has 96 valence electrons. The van der Waals surface area contributed by atoms with Gasteiger partial charge in [-0.15, -0.1) is 0 Å². The van der Waals surface area contributed by atoms with Gasteiger partial charge < -0.3 is 0 Å². The highest BCUT2D eigenvalue weighted by Crippen LogP contribution is 2.24. The molecule has 0 bridgehead atoms. The Hall–Kier alpha value is -1.32. The maximum Gasteiger partial charge on any atom is 0.0697 e. The van der Waals surface area contributed by atoms with Gasteiger partial charge in [0, 0.05) is 14.9 Å². The van der Waals surface area contributed by atoms with E-state index < -0.39 is 0 Å². The summed E-state index contributed by atoms with van der Waals surface area (Å²) >= 11 is 9.47. The first-order valence-corrected chi connectivity index (χ1v) is 7.17. The van der Waals surface area contributed by atoms with Crippen LogP contribution >= 0.6 is 27.5 Å². The van der Waals surface area contributed by atoms with E-state index in [4.69, 9.17) is 11.6 Å². The van der Waals surface area contributed by atoms with Crippen LogP contribution in [0.2, 0.25) is 5.02 Å². The second kappa shape index (κ2) is 4.99. The van der Waals surface area contributed by atoms with Gasteiger partial charge in [0.05, 0.1) is 18.3 Å². The van der Waals surface area contributed by atoms with Crippen LogP contribution in [0.5, 0.6) is 0 Å². The molecule has 1 aromatic heterocycles. The molecule has 0 radical (unpaired) electrons. The first kappa shape index (κ1) is 12.7. The highest BCUT2D eigenvalue weighted by molar-refractivity contribution is 9.10. The molecule has 0 fully saturated rings. The van der Waals surface area contributed by atoms with Gasteiger partial charge in [0.2, 0.25) is 0 Å². The molecular formula is C15H12BrClN2. The molecule has 0 saturated carbocycles. The summed E-state index contributed by atoms with van der Waals surface area (Å²) in [5.74, 6) is 0. The van der Waals surface area contributed by atoms with Gasteiger partial charge in [-0.05, 0) is 42.3 Å². The predicted octanol–water partition coefficient (Wildman–Crippen LogP) is 4.81. The van der Waals surface area contributed by atoms with Crippen LogP contribution in [0.3, 0.4) is 0 Å². The fourth-order valence-electron chi connectivity index (χ4n) is 2.10. The molecule has 0 N–H and O–H groups in total. The number of fused-ring (bicyclic) bond motifs is 1. The number of benzene rings is 2. The average molecular weight is 336 g/mol. The Kier molecular flexibility index (Phi) is 3.33. The maximum absolute atomic E-state index is 5.90. The Bertz CT molecular complexity index is 732. The van der Waals surface area contributed by atoms with E-state index in [1.54, 1.807) is 0 Å². The van der Waals surface area contributed by atoms with Gasteiger partial charge in [0.25, 0.3) is 0 Å². The lowest BCUT2D eigenvalue weighted by Gasteiger charge is -2.05. The Balaban J connectivity index is 2.01. The molecule has 0 amide bonds. The quantitative estimate of drug-likeness (QED) is 0.657. The first-order valence-electron chi connectivity index (χ1n) is 5.99. The summed E-state index contributed by atoms with van der Waals surface area (Å²) in [4.78, 5) is 0. The van der Waals surface area contributed by atoms with Crippen molar-refractivity contribution in [2.45, 2.75) is 13.5 Å². The minimum Gasteiger partial charge on any atom is -0.260 e. The molecule has 3 rings (SSSR count). The molecule has 1 heterocycles. The summed E-state index contributed by atoms with van der Waals surface area (Å²) in [6.45, 7) is 2.83. The monoisotopic (exact) mass is 334 g/mol. The van der Waals surface area contributed by atoms with Crippen LogP contribution in [-0.2, 0) is 6.54 Å². The van der Waals surface area contributed by atoms with Crippen LogP contribution in [0.25, 0.3) is 10.9 Å². The second-order valence-electron chi connectivity index (χ2n) is 4.59. The fraction of sp³-hybridized carbons (Fsp3) is 0.133. The molecule has 2 aromatic carbocycles. The number of halogens is 2. The lowest BCUT2D eigenvalue weighted by molar-refractivity contribution is 0.712. The van der Waals surface area contributed by atoms with Crippen LogP contribution in [0.1, 0.15) is 11.1 Å². The van der Waals surface area contributed by atoms with E-state index in [1.165, 1.54) is 11.1 Å². The van der Waals surface area contributed by atoms with E-state index in [0.717, 1.165) is 26.9 Å². The van der Waals surface area contributed by atoms with Crippen LogP contribution in [0.15, 0.2) is 47.1 Å². The van der Waals surface area contributed by atoms with Gasteiger partial charge >= 0.3 is 0 Å². The van der Waals surface area contributed by atoms with Crippen molar-refractivity contribution in [3.05, 3.63) is 63.2 Å². The van der Waals surface area contributed by atoms with E-state index in [0.29, 0.717) is 0 Å². The van der Waals surface area contributed by atoms with Gasteiger partial charge in [0.1, 0.15) is 0 Å².